The molecule has 3 rings (SSSR count). The topological polar surface area (TPSA) is 121 Å². The molecule has 0 bridgehead atoms. The van der Waals surface area contributed by atoms with Crippen molar-refractivity contribution in [1.29, 1.82) is 0 Å². The largest absolute Gasteiger partial charge is 0.496 e. The number of amides is 2. The monoisotopic (exact) mass is 496 g/mol. The quantitative estimate of drug-likeness (QED) is 0.444. The van der Waals surface area contributed by atoms with Crippen molar-refractivity contribution in [3.63, 3.8) is 0 Å². The molecule has 0 atom stereocenters. The Morgan fingerprint density at radius 3 is 2.33 bits per heavy atom. The Labute approximate surface area is 208 Å². The van der Waals surface area contributed by atoms with E-state index in [9.17, 15) is 19.2 Å². The maximum absolute atomic E-state index is 13.3. The van der Waals surface area contributed by atoms with E-state index in [2.05, 4.69) is 10.6 Å². The van der Waals surface area contributed by atoms with Crippen LogP contribution < -0.4 is 31.4 Å². The predicted molar refractivity (Wildman–Crippen MR) is 138 cm³/mol. The number of nitrogens with one attached hydrogen (secondary N) is 2. The summed E-state index contributed by atoms with van der Waals surface area (Å²) >= 11 is 0. The van der Waals surface area contributed by atoms with Crippen molar-refractivity contribution in [3.05, 3.63) is 62.8 Å². The first-order valence-corrected chi connectivity index (χ1v) is 11.7. The molecule has 0 saturated heterocycles. The maximum Gasteiger partial charge on any atom is 0.332 e. The molecule has 0 unspecified atom stereocenters. The molecular formula is C26H32N4O6. The molecule has 1 aromatic heterocycles. The third-order valence-corrected chi connectivity index (χ3v) is 5.68. The van der Waals surface area contributed by atoms with Gasteiger partial charge in [-0.15, -0.1) is 0 Å². The molecule has 3 aromatic rings. The number of para-hydroxylation sites is 1. The van der Waals surface area contributed by atoms with Crippen LogP contribution in [-0.4, -0.2) is 41.7 Å². The van der Waals surface area contributed by atoms with Gasteiger partial charge in [0.05, 0.1) is 30.8 Å². The van der Waals surface area contributed by atoms with Crippen LogP contribution in [0.25, 0.3) is 10.9 Å². The number of hydrogen-bond acceptors (Lipinski definition) is 6. The van der Waals surface area contributed by atoms with Crippen LogP contribution >= 0.6 is 0 Å². The number of aryl methyl sites for hydroxylation is 1. The molecule has 0 aliphatic rings. The Hall–Kier alpha value is -4.08. The number of nitrogens with zero attached hydrogens (tertiary/aromatic N) is 2. The summed E-state index contributed by atoms with van der Waals surface area (Å²) in [7, 11) is 3.02. The summed E-state index contributed by atoms with van der Waals surface area (Å²) in [6.45, 7) is 5.47. The molecule has 0 aliphatic heterocycles. The Kier molecular flexibility index (Phi) is 8.52. The zero-order chi connectivity index (χ0) is 26.4. The fraction of sp³-hybridized carbons (Fsp3) is 0.385. The minimum absolute atomic E-state index is 0.0144. The van der Waals surface area contributed by atoms with Crippen LogP contribution in [0.5, 0.6) is 11.5 Å². The molecule has 2 aromatic carbocycles. The lowest BCUT2D eigenvalue weighted by atomic mass is 10.1. The van der Waals surface area contributed by atoms with Crippen LogP contribution in [0.4, 0.5) is 5.69 Å². The van der Waals surface area contributed by atoms with Crippen LogP contribution in [0.3, 0.4) is 0 Å². The van der Waals surface area contributed by atoms with Gasteiger partial charge in [-0.1, -0.05) is 26.0 Å². The van der Waals surface area contributed by atoms with E-state index in [-0.39, 0.29) is 31.5 Å². The number of carbonyl (C=O) groups excluding carboxylic acids is 2. The van der Waals surface area contributed by atoms with E-state index in [1.54, 1.807) is 43.5 Å². The number of fused-ring (bicyclic) bond motifs is 1. The second-order valence-electron chi connectivity index (χ2n) is 8.86. The standard InChI is InChI=1S/C26H32N4O6/c1-16(2)12-23(31)27-10-11-29-25(33)18-8-6-7-9-20(18)30(26(29)34)15-24(32)28-19-13-17(3)21(35-4)14-22(19)36-5/h6-9,13-14,16H,10-12,15H2,1-5H3,(H,27,31)(H,28,32). The summed E-state index contributed by atoms with van der Waals surface area (Å²) in [6.07, 6.45) is 0.352. The second-order valence-corrected chi connectivity index (χ2v) is 8.86. The van der Waals surface area contributed by atoms with Crippen molar-refractivity contribution in [1.82, 2.24) is 14.5 Å². The van der Waals surface area contributed by atoms with Gasteiger partial charge in [-0.05, 0) is 36.6 Å². The van der Waals surface area contributed by atoms with Gasteiger partial charge in [0.2, 0.25) is 11.8 Å². The van der Waals surface area contributed by atoms with Gasteiger partial charge >= 0.3 is 5.69 Å². The van der Waals surface area contributed by atoms with Gasteiger partial charge in [0.1, 0.15) is 18.0 Å². The summed E-state index contributed by atoms with van der Waals surface area (Å²) in [5.74, 6) is 0.588. The van der Waals surface area contributed by atoms with Crippen molar-refractivity contribution < 1.29 is 19.1 Å². The Balaban J connectivity index is 1.91. The number of methoxy groups -OCH3 is 2. The maximum atomic E-state index is 13.3. The molecule has 0 saturated carbocycles. The number of benzene rings is 2. The number of rotatable bonds is 10. The zero-order valence-electron chi connectivity index (χ0n) is 21.2. The van der Waals surface area contributed by atoms with Gasteiger partial charge in [-0.25, -0.2) is 4.79 Å². The van der Waals surface area contributed by atoms with Gasteiger partial charge in [-0.3, -0.25) is 23.5 Å². The second kappa shape index (κ2) is 11.6. The number of hydrogen-bond donors (Lipinski definition) is 2. The van der Waals surface area contributed by atoms with E-state index >= 15 is 0 Å². The average molecular weight is 497 g/mol. The lowest BCUT2D eigenvalue weighted by Crippen LogP contribution is -2.44. The normalized spacial score (nSPS) is 10.9. The first kappa shape index (κ1) is 26.5. The first-order valence-electron chi connectivity index (χ1n) is 11.7. The van der Waals surface area contributed by atoms with E-state index in [1.165, 1.54) is 11.7 Å². The van der Waals surface area contributed by atoms with Crippen LogP contribution in [0.1, 0.15) is 25.8 Å². The number of aromatic nitrogens is 2. The summed E-state index contributed by atoms with van der Waals surface area (Å²) in [5.41, 5.74) is 0.465. The lowest BCUT2D eigenvalue weighted by Gasteiger charge is -2.16. The fourth-order valence-corrected chi connectivity index (χ4v) is 3.96. The number of carbonyl (C=O) groups is 2. The van der Waals surface area contributed by atoms with E-state index < -0.39 is 17.2 Å². The predicted octanol–water partition coefficient (Wildman–Crippen LogP) is 2.29. The smallest absolute Gasteiger partial charge is 0.332 e. The van der Waals surface area contributed by atoms with Crippen molar-refractivity contribution in [2.45, 2.75) is 40.3 Å². The molecule has 0 spiro atoms. The van der Waals surface area contributed by atoms with Crippen molar-refractivity contribution in [3.8, 4) is 11.5 Å². The van der Waals surface area contributed by atoms with Crippen LogP contribution in [0.2, 0.25) is 0 Å². The SMILES string of the molecule is COc1cc(OC)c(NC(=O)Cn2c(=O)n(CCNC(=O)CC(C)C)c(=O)c3ccccc32)cc1C. The van der Waals surface area contributed by atoms with Crippen molar-refractivity contribution in [2.75, 3.05) is 26.1 Å². The highest BCUT2D eigenvalue weighted by molar-refractivity contribution is 5.93. The molecule has 36 heavy (non-hydrogen) atoms. The van der Waals surface area contributed by atoms with Gasteiger partial charge in [0, 0.05) is 25.6 Å². The van der Waals surface area contributed by atoms with E-state index in [1.807, 2.05) is 20.8 Å². The van der Waals surface area contributed by atoms with E-state index in [0.29, 0.717) is 34.5 Å². The summed E-state index contributed by atoms with van der Waals surface area (Å²) < 4.78 is 13.0. The van der Waals surface area contributed by atoms with Crippen LogP contribution in [0.15, 0.2) is 46.0 Å². The van der Waals surface area contributed by atoms with Gasteiger partial charge in [-0.2, -0.15) is 0 Å². The van der Waals surface area contributed by atoms with Gasteiger partial charge in [0.25, 0.3) is 5.56 Å². The lowest BCUT2D eigenvalue weighted by molar-refractivity contribution is -0.121. The van der Waals surface area contributed by atoms with Crippen molar-refractivity contribution >= 4 is 28.4 Å². The number of ether oxygens (including phenoxy) is 2. The Bertz CT molecular complexity index is 1390. The van der Waals surface area contributed by atoms with Crippen molar-refractivity contribution in [2.24, 2.45) is 5.92 Å². The molecule has 0 aliphatic carbocycles. The summed E-state index contributed by atoms with van der Waals surface area (Å²) in [4.78, 5) is 51.3. The highest BCUT2D eigenvalue weighted by Crippen LogP contribution is 2.32. The molecule has 2 amide bonds. The molecule has 0 radical (unpaired) electrons. The first-order chi connectivity index (χ1) is 17.2. The van der Waals surface area contributed by atoms with Gasteiger partial charge < -0.3 is 20.1 Å². The molecule has 2 N–H and O–H groups in total. The van der Waals surface area contributed by atoms with Crippen LogP contribution in [0, 0.1) is 12.8 Å². The van der Waals surface area contributed by atoms with Crippen LogP contribution in [-0.2, 0) is 22.7 Å². The molecule has 10 nitrogen and oxygen atoms in total. The average Bonchev–Trinajstić information content (AvgIpc) is 2.83. The molecular weight excluding hydrogens is 464 g/mol. The minimum atomic E-state index is -0.634. The van der Waals surface area contributed by atoms with E-state index in [4.69, 9.17) is 9.47 Å². The summed E-state index contributed by atoms with van der Waals surface area (Å²) in [6, 6.07) is 10.0. The Morgan fingerprint density at radius 2 is 1.67 bits per heavy atom. The zero-order valence-corrected chi connectivity index (χ0v) is 21.2. The van der Waals surface area contributed by atoms with E-state index in [0.717, 1.165) is 10.1 Å². The minimum Gasteiger partial charge on any atom is -0.496 e. The molecule has 0 fully saturated rings. The third-order valence-electron chi connectivity index (χ3n) is 5.68. The highest BCUT2D eigenvalue weighted by atomic mass is 16.5. The molecule has 192 valence electrons. The Morgan fingerprint density at radius 1 is 0.972 bits per heavy atom. The molecule has 1 heterocycles. The molecule has 10 heteroatoms. The highest BCUT2D eigenvalue weighted by Gasteiger charge is 2.17. The number of anilines is 1. The fourth-order valence-electron chi connectivity index (χ4n) is 3.96. The van der Waals surface area contributed by atoms with Gasteiger partial charge in [0.15, 0.2) is 0 Å². The third kappa shape index (κ3) is 5.94. The summed E-state index contributed by atoms with van der Waals surface area (Å²) in [5, 5.41) is 5.82.